The van der Waals surface area contributed by atoms with Gasteiger partial charge >= 0.3 is 5.97 Å². The average molecular weight is 409 g/mol. The number of hydrogen-bond acceptors (Lipinski definition) is 4. The Labute approximate surface area is 168 Å². The smallest absolute Gasteiger partial charge is 0.336 e. The second kappa shape index (κ2) is 9.85. The van der Waals surface area contributed by atoms with Gasteiger partial charge in [0.15, 0.2) is 5.78 Å². The van der Waals surface area contributed by atoms with Crippen LogP contribution >= 0.6 is 23.2 Å². The summed E-state index contributed by atoms with van der Waals surface area (Å²) in [6.45, 7) is 0.942. The van der Waals surface area contributed by atoms with E-state index in [-0.39, 0.29) is 23.4 Å². The molecule has 2 rings (SSSR count). The zero-order valence-corrected chi connectivity index (χ0v) is 16.3. The second-order valence-electron chi connectivity index (χ2n) is 6.17. The standard InChI is InChI=1S/C20H22Cl2N2O3/c21-10-12-24(13-11-22)20(23)9-8-16(19(26)27)17(14-20)18(25)7-6-15-4-2-1-3-5-15/h1-9H,10-14,23H2,(H,26,27). The molecule has 5 nitrogen and oxygen atoms in total. The van der Waals surface area contributed by atoms with Crippen LogP contribution in [0.15, 0.2) is 59.7 Å². The van der Waals surface area contributed by atoms with Crippen LogP contribution in [0.2, 0.25) is 0 Å². The van der Waals surface area contributed by atoms with Gasteiger partial charge in [-0.25, -0.2) is 4.79 Å². The first-order valence-corrected chi connectivity index (χ1v) is 9.57. The van der Waals surface area contributed by atoms with E-state index in [1.165, 1.54) is 12.2 Å². The number of hydrogen-bond donors (Lipinski definition) is 2. The van der Waals surface area contributed by atoms with E-state index in [0.29, 0.717) is 24.8 Å². The molecule has 1 aromatic rings. The molecule has 1 unspecified atom stereocenters. The second-order valence-corrected chi connectivity index (χ2v) is 6.93. The number of aliphatic carboxylic acids is 1. The molecule has 0 saturated carbocycles. The van der Waals surface area contributed by atoms with Crippen LogP contribution in [0.4, 0.5) is 0 Å². The van der Waals surface area contributed by atoms with Gasteiger partial charge in [0, 0.05) is 36.8 Å². The molecular formula is C20H22Cl2N2O3. The molecule has 0 bridgehead atoms. The Kier molecular flexibility index (Phi) is 7.80. The molecule has 144 valence electrons. The lowest BCUT2D eigenvalue weighted by Crippen LogP contribution is -2.57. The van der Waals surface area contributed by atoms with Gasteiger partial charge in [0.05, 0.1) is 11.2 Å². The molecule has 1 aliphatic carbocycles. The van der Waals surface area contributed by atoms with Crippen molar-refractivity contribution in [3.63, 3.8) is 0 Å². The largest absolute Gasteiger partial charge is 0.478 e. The maximum absolute atomic E-state index is 12.7. The maximum Gasteiger partial charge on any atom is 0.336 e. The number of nitrogens with zero attached hydrogens (tertiary/aromatic N) is 1. The third-order valence-corrected chi connectivity index (χ3v) is 4.71. The molecule has 0 aliphatic heterocycles. The van der Waals surface area contributed by atoms with Gasteiger partial charge in [-0.1, -0.05) is 36.4 Å². The van der Waals surface area contributed by atoms with Gasteiger partial charge in [0.1, 0.15) is 0 Å². The molecule has 27 heavy (non-hydrogen) atoms. The van der Waals surface area contributed by atoms with Crippen LogP contribution in [0.5, 0.6) is 0 Å². The van der Waals surface area contributed by atoms with Crippen molar-refractivity contribution in [1.29, 1.82) is 0 Å². The average Bonchev–Trinajstić information content (AvgIpc) is 2.66. The van der Waals surface area contributed by atoms with Crippen molar-refractivity contribution in [1.82, 2.24) is 4.90 Å². The minimum Gasteiger partial charge on any atom is -0.478 e. The lowest BCUT2D eigenvalue weighted by atomic mass is 9.86. The van der Waals surface area contributed by atoms with Crippen LogP contribution in [0.25, 0.3) is 6.08 Å². The highest BCUT2D eigenvalue weighted by Crippen LogP contribution is 2.30. The van der Waals surface area contributed by atoms with E-state index in [0.717, 1.165) is 5.56 Å². The van der Waals surface area contributed by atoms with E-state index in [1.54, 1.807) is 12.2 Å². The summed E-state index contributed by atoms with van der Waals surface area (Å²) in [4.78, 5) is 26.2. The van der Waals surface area contributed by atoms with Crippen LogP contribution in [0.1, 0.15) is 12.0 Å². The number of carbonyl (C=O) groups is 2. The fourth-order valence-electron chi connectivity index (χ4n) is 2.97. The Morgan fingerprint density at radius 1 is 1.19 bits per heavy atom. The van der Waals surface area contributed by atoms with Crippen LogP contribution in [0, 0.1) is 0 Å². The van der Waals surface area contributed by atoms with E-state index in [9.17, 15) is 14.7 Å². The highest BCUT2D eigenvalue weighted by molar-refractivity contribution is 6.18. The molecule has 3 N–H and O–H groups in total. The zero-order valence-electron chi connectivity index (χ0n) is 14.8. The van der Waals surface area contributed by atoms with Crippen molar-refractivity contribution in [2.24, 2.45) is 5.73 Å². The highest BCUT2D eigenvalue weighted by atomic mass is 35.5. The molecule has 0 saturated heterocycles. The van der Waals surface area contributed by atoms with Crippen molar-refractivity contribution in [3.8, 4) is 0 Å². The Bertz CT molecular complexity index is 769. The van der Waals surface area contributed by atoms with Crippen LogP contribution < -0.4 is 5.73 Å². The van der Waals surface area contributed by atoms with Crippen molar-refractivity contribution in [3.05, 3.63) is 65.3 Å². The molecule has 0 heterocycles. The monoisotopic (exact) mass is 408 g/mol. The summed E-state index contributed by atoms with van der Waals surface area (Å²) in [7, 11) is 0. The Morgan fingerprint density at radius 2 is 1.81 bits per heavy atom. The summed E-state index contributed by atoms with van der Waals surface area (Å²) in [5, 5.41) is 9.48. The van der Waals surface area contributed by atoms with E-state index in [1.807, 2.05) is 35.2 Å². The first-order valence-electron chi connectivity index (χ1n) is 8.50. The van der Waals surface area contributed by atoms with E-state index >= 15 is 0 Å². The van der Waals surface area contributed by atoms with Gasteiger partial charge < -0.3 is 10.8 Å². The zero-order chi connectivity index (χ0) is 19.9. The number of carbonyl (C=O) groups excluding carboxylic acids is 1. The number of carboxylic acid groups (broad SMARTS) is 1. The first kappa shape index (κ1) is 21.4. The topological polar surface area (TPSA) is 83.6 Å². The first-order chi connectivity index (χ1) is 12.9. The van der Waals surface area contributed by atoms with Gasteiger partial charge in [-0.3, -0.25) is 9.69 Å². The summed E-state index contributed by atoms with van der Waals surface area (Å²) >= 11 is 11.7. The van der Waals surface area contributed by atoms with Gasteiger partial charge in [0.2, 0.25) is 0 Å². The number of allylic oxidation sites excluding steroid dienone is 1. The SMILES string of the molecule is NC1(N(CCCl)CCCl)C=CC(C(=O)O)=C(C(=O)C=Cc2ccccc2)C1. The van der Waals surface area contributed by atoms with Crippen LogP contribution in [-0.4, -0.2) is 52.3 Å². The third-order valence-electron chi connectivity index (χ3n) is 4.38. The molecule has 1 aliphatic rings. The molecule has 7 heteroatoms. The normalized spacial score (nSPS) is 19.9. The number of benzene rings is 1. The minimum absolute atomic E-state index is 0.0458. The van der Waals surface area contributed by atoms with E-state index in [4.69, 9.17) is 28.9 Å². The number of carboxylic acids is 1. The van der Waals surface area contributed by atoms with E-state index in [2.05, 4.69) is 0 Å². The molecule has 0 spiro atoms. The molecule has 0 radical (unpaired) electrons. The van der Waals surface area contributed by atoms with E-state index < -0.39 is 11.6 Å². The third kappa shape index (κ3) is 5.53. The van der Waals surface area contributed by atoms with Crippen LogP contribution in [-0.2, 0) is 9.59 Å². The molecule has 1 aromatic carbocycles. The molecular weight excluding hydrogens is 387 g/mol. The summed E-state index contributed by atoms with van der Waals surface area (Å²) in [6.07, 6.45) is 6.09. The fraction of sp³-hybridized carbons (Fsp3) is 0.300. The fourth-order valence-corrected chi connectivity index (χ4v) is 3.38. The number of ketones is 1. The van der Waals surface area contributed by atoms with Crippen molar-refractivity contribution < 1.29 is 14.7 Å². The lowest BCUT2D eigenvalue weighted by molar-refractivity contribution is -0.132. The lowest BCUT2D eigenvalue weighted by Gasteiger charge is -2.40. The Balaban J connectivity index is 2.32. The maximum atomic E-state index is 12.7. The Hall–Kier alpha value is -1.92. The Morgan fingerprint density at radius 3 is 2.37 bits per heavy atom. The van der Waals surface area contributed by atoms with Crippen LogP contribution in [0.3, 0.4) is 0 Å². The molecule has 0 aromatic heterocycles. The predicted molar refractivity (Wildman–Crippen MR) is 109 cm³/mol. The van der Waals surface area contributed by atoms with Gasteiger partial charge in [-0.15, -0.1) is 23.2 Å². The summed E-state index contributed by atoms with van der Waals surface area (Å²) in [5.74, 6) is -0.856. The highest BCUT2D eigenvalue weighted by Gasteiger charge is 2.36. The van der Waals surface area contributed by atoms with Crippen molar-refractivity contribution >= 4 is 41.0 Å². The number of alkyl halides is 2. The van der Waals surface area contributed by atoms with Crippen molar-refractivity contribution in [2.45, 2.75) is 12.1 Å². The quantitative estimate of drug-likeness (QED) is 0.372. The molecule has 1 atom stereocenters. The van der Waals surface area contributed by atoms with Crippen molar-refractivity contribution in [2.75, 3.05) is 24.8 Å². The summed E-state index contributed by atoms with van der Waals surface area (Å²) in [5.41, 5.74) is 6.43. The molecule has 0 amide bonds. The number of halogens is 2. The minimum atomic E-state index is -1.16. The number of nitrogens with two attached hydrogens (primary N) is 1. The summed E-state index contributed by atoms with van der Waals surface area (Å²) in [6, 6.07) is 9.30. The van der Waals surface area contributed by atoms with Gasteiger partial charge in [-0.05, 0) is 23.8 Å². The predicted octanol–water partition coefficient (Wildman–Crippen LogP) is 3.04. The van der Waals surface area contributed by atoms with Gasteiger partial charge in [-0.2, -0.15) is 0 Å². The molecule has 0 fully saturated rings. The van der Waals surface area contributed by atoms with Gasteiger partial charge in [0.25, 0.3) is 0 Å². The summed E-state index contributed by atoms with van der Waals surface area (Å²) < 4.78 is 0. The number of rotatable bonds is 9.